The first-order valence-corrected chi connectivity index (χ1v) is 11.5. The van der Waals surface area contributed by atoms with Crippen molar-refractivity contribution in [3.05, 3.63) is 63.9 Å². The van der Waals surface area contributed by atoms with E-state index in [-0.39, 0.29) is 17.3 Å². The molecule has 1 fully saturated rings. The summed E-state index contributed by atoms with van der Waals surface area (Å²) in [4.78, 5) is 27.4. The van der Waals surface area contributed by atoms with Crippen LogP contribution in [0, 0.1) is 10.1 Å². The smallest absolute Gasteiger partial charge is 0.294 e. The summed E-state index contributed by atoms with van der Waals surface area (Å²) in [6.07, 6.45) is 1.60. The van der Waals surface area contributed by atoms with Crippen LogP contribution in [0.3, 0.4) is 0 Å². The van der Waals surface area contributed by atoms with E-state index in [4.69, 9.17) is 16.3 Å². The molecule has 33 heavy (non-hydrogen) atoms. The monoisotopic (exact) mass is 488 g/mol. The third-order valence-corrected chi connectivity index (χ3v) is 6.46. The lowest BCUT2D eigenvalue weighted by Crippen LogP contribution is -2.49. The first-order chi connectivity index (χ1) is 16.0. The number of methoxy groups -OCH3 is 1. The van der Waals surface area contributed by atoms with Crippen LogP contribution in [0.25, 0.3) is 5.69 Å². The molecule has 0 N–H and O–H groups in total. The van der Waals surface area contributed by atoms with Gasteiger partial charge in [0.1, 0.15) is 17.8 Å². The van der Waals surface area contributed by atoms with Gasteiger partial charge in [0.05, 0.1) is 17.8 Å². The summed E-state index contributed by atoms with van der Waals surface area (Å²) in [6.45, 7) is 1.95. The predicted octanol–water partition coefficient (Wildman–Crippen LogP) is 3.28. The van der Waals surface area contributed by atoms with Crippen molar-refractivity contribution in [2.45, 2.75) is 5.16 Å². The van der Waals surface area contributed by atoms with Gasteiger partial charge in [-0.05, 0) is 36.4 Å². The summed E-state index contributed by atoms with van der Waals surface area (Å²) in [6, 6.07) is 12.1. The highest BCUT2D eigenvalue weighted by atomic mass is 35.5. The lowest BCUT2D eigenvalue weighted by Gasteiger charge is -2.35. The fourth-order valence-corrected chi connectivity index (χ4v) is 4.57. The summed E-state index contributed by atoms with van der Waals surface area (Å²) in [5.41, 5.74) is 1.35. The van der Waals surface area contributed by atoms with Crippen molar-refractivity contribution in [3.63, 3.8) is 0 Å². The molecule has 1 aliphatic rings. The molecule has 12 heteroatoms. The molecule has 1 aromatic heterocycles. The Hall–Kier alpha value is -3.31. The Morgan fingerprint density at radius 2 is 1.91 bits per heavy atom. The average Bonchev–Trinajstić information content (AvgIpc) is 3.31. The second kappa shape index (κ2) is 10.1. The number of rotatable bonds is 7. The number of ether oxygens (including phenoxy) is 1. The van der Waals surface area contributed by atoms with Crippen molar-refractivity contribution >= 4 is 40.6 Å². The molecule has 172 valence electrons. The van der Waals surface area contributed by atoms with Gasteiger partial charge in [-0.3, -0.25) is 19.5 Å². The number of hydrogen-bond acceptors (Lipinski definition) is 8. The van der Waals surface area contributed by atoms with Crippen molar-refractivity contribution in [2.24, 2.45) is 0 Å². The van der Waals surface area contributed by atoms with Crippen LogP contribution in [0.1, 0.15) is 0 Å². The number of nitro benzene ring substituents is 1. The third kappa shape index (κ3) is 5.20. The number of carbonyl (C=O) groups excluding carboxylic acids is 1. The molecular formula is C21H21ClN6O4S. The number of nitrogens with zero attached hydrogens (tertiary/aromatic N) is 6. The molecule has 2 heterocycles. The molecule has 0 aliphatic carbocycles. The Bertz CT molecular complexity index is 1150. The van der Waals surface area contributed by atoms with Gasteiger partial charge in [-0.25, -0.2) is 0 Å². The van der Waals surface area contributed by atoms with Gasteiger partial charge in [0.2, 0.25) is 5.91 Å². The minimum absolute atomic E-state index is 0.0189. The molecular weight excluding hydrogens is 468 g/mol. The van der Waals surface area contributed by atoms with Crippen LogP contribution in [0.15, 0.2) is 53.9 Å². The van der Waals surface area contributed by atoms with Crippen molar-refractivity contribution in [1.82, 2.24) is 19.7 Å². The van der Waals surface area contributed by atoms with E-state index < -0.39 is 4.92 Å². The minimum atomic E-state index is -0.436. The van der Waals surface area contributed by atoms with E-state index in [1.54, 1.807) is 30.5 Å². The van der Waals surface area contributed by atoms with E-state index in [0.29, 0.717) is 42.0 Å². The first-order valence-electron chi connectivity index (χ1n) is 10.1. The van der Waals surface area contributed by atoms with E-state index in [2.05, 4.69) is 10.2 Å². The van der Waals surface area contributed by atoms with Gasteiger partial charge in [0.15, 0.2) is 5.16 Å². The van der Waals surface area contributed by atoms with Crippen LogP contribution in [0.4, 0.5) is 11.4 Å². The molecule has 1 saturated heterocycles. The standard InChI is InChI=1S/C21H21ClN6O4S/c1-32-17-5-3-16(4-6-17)27-14-23-24-21(27)33-13-20(29)26-10-8-25(9-11-26)18-7-2-15(22)12-19(18)28(30)31/h2-7,12,14H,8-11,13H2,1H3. The molecule has 0 spiro atoms. The van der Waals surface area contributed by atoms with Crippen LogP contribution < -0.4 is 9.64 Å². The summed E-state index contributed by atoms with van der Waals surface area (Å²) in [5.74, 6) is 0.949. The normalized spacial score (nSPS) is 13.8. The van der Waals surface area contributed by atoms with Crippen molar-refractivity contribution in [2.75, 3.05) is 43.9 Å². The summed E-state index contributed by atoms with van der Waals surface area (Å²) < 4.78 is 7.00. The van der Waals surface area contributed by atoms with Gasteiger partial charge in [-0.15, -0.1) is 10.2 Å². The molecule has 1 aliphatic heterocycles. The largest absolute Gasteiger partial charge is 0.497 e. The lowest BCUT2D eigenvalue weighted by atomic mass is 10.2. The van der Waals surface area contributed by atoms with Crippen molar-refractivity contribution in [1.29, 1.82) is 0 Å². The van der Waals surface area contributed by atoms with Crippen LogP contribution >= 0.6 is 23.4 Å². The Morgan fingerprint density at radius 3 is 2.58 bits per heavy atom. The number of thioether (sulfide) groups is 1. The average molecular weight is 489 g/mol. The zero-order valence-corrected chi connectivity index (χ0v) is 19.3. The Balaban J connectivity index is 1.35. The van der Waals surface area contributed by atoms with Crippen LogP contribution in [-0.2, 0) is 4.79 Å². The fraction of sp³-hybridized carbons (Fsp3) is 0.286. The number of hydrogen-bond donors (Lipinski definition) is 0. The number of piperazine rings is 1. The van der Waals surface area contributed by atoms with Crippen LogP contribution in [0.2, 0.25) is 5.02 Å². The molecule has 3 aromatic rings. The SMILES string of the molecule is COc1ccc(-n2cnnc2SCC(=O)N2CCN(c3ccc(Cl)cc3[N+](=O)[O-])CC2)cc1. The zero-order chi connectivity index (χ0) is 23.4. The summed E-state index contributed by atoms with van der Waals surface area (Å²) >= 11 is 7.23. The molecule has 0 unspecified atom stereocenters. The molecule has 1 amide bonds. The molecule has 0 bridgehead atoms. The minimum Gasteiger partial charge on any atom is -0.497 e. The maximum absolute atomic E-state index is 12.8. The highest BCUT2D eigenvalue weighted by Gasteiger charge is 2.26. The Kier molecular flexibility index (Phi) is 6.99. The highest BCUT2D eigenvalue weighted by Crippen LogP contribution is 2.31. The predicted molar refractivity (Wildman–Crippen MR) is 126 cm³/mol. The van der Waals surface area contributed by atoms with Crippen molar-refractivity contribution < 1.29 is 14.5 Å². The quantitative estimate of drug-likeness (QED) is 0.283. The lowest BCUT2D eigenvalue weighted by molar-refractivity contribution is -0.384. The van der Waals surface area contributed by atoms with Crippen LogP contribution in [0.5, 0.6) is 5.75 Å². The van der Waals surface area contributed by atoms with Gasteiger partial charge in [0.25, 0.3) is 5.69 Å². The van der Waals surface area contributed by atoms with E-state index in [1.165, 1.54) is 17.8 Å². The molecule has 0 saturated carbocycles. The highest BCUT2D eigenvalue weighted by molar-refractivity contribution is 7.99. The Labute approximate surface area is 199 Å². The molecule has 0 radical (unpaired) electrons. The van der Waals surface area contributed by atoms with E-state index in [9.17, 15) is 14.9 Å². The number of amides is 1. The molecule has 10 nitrogen and oxygen atoms in total. The van der Waals surface area contributed by atoms with E-state index >= 15 is 0 Å². The van der Waals surface area contributed by atoms with Gasteiger partial charge >= 0.3 is 0 Å². The maximum atomic E-state index is 12.8. The first kappa shape index (κ1) is 22.9. The van der Waals surface area contributed by atoms with Gasteiger partial charge in [0, 0.05) is 43.0 Å². The van der Waals surface area contributed by atoms with E-state index in [0.717, 1.165) is 11.4 Å². The molecule has 0 atom stereocenters. The fourth-order valence-electron chi connectivity index (χ4n) is 3.57. The number of anilines is 1. The third-order valence-electron chi connectivity index (χ3n) is 5.30. The summed E-state index contributed by atoms with van der Waals surface area (Å²) in [7, 11) is 1.61. The number of aromatic nitrogens is 3. The zero-order valence-electron chi connectivity index (χ0n) is 17.8. The van der Waals surface area contributed by atoms with Gasteiger partial charge < -0.3 is 14.5 Å². The second-order valence-electron chi connectivity index (χ2n) is 7.23. The Morgan fingerprint density at radius 1 is 1.18 bits per heavy atom. The number of nitro groups is 1. The van der Waals surface area contributed by atoms with Crippen molar-refractivity contribution in [3.8, 4) is 11.4 Å². The number of carbonyl (C=O) groups is 1. The number of benzene rings is 2. The molecule has 4 rings (SSSR count). The second-order valence-corrected chi connectivity index (χ2v) is 8.61. The van der Waals surface area contributed by atoms with E-state index in [1.807, 2.05) is 33.7 Å². The van der Waals surface area contributed by atoms with Gasteiger partial charge in [-0.1, -0.05) is 23.4 Å². The number of halogens is 1. The van der Waals surface area contributed by atoms with Gasteiger partial charge in [-0.2, -0.15) is 0 Å². The van der Waals surface area contributed by atoms with Crippen LogP contribution in [-0.4, -0.2) is 69.5 Å². The topological polar surface area (TPSA) is 107 Å². The maximum Gasteiger partial charge on any atom is 0.294 e. The molecule has 2 aromatic carbocycles. The summed E-state index contributed by atoms with van der Waals surface area (Å²) in [5, 5.41) is 20.4.